The molecule has 1 saturated heterocycles. The number of phenolic OH excluding ortho intramolecular Hbond substituents is 1. The van der Waals surface area contributed by atoms with Crippen LogP contribution in [0.1, 0.15) is 73.6 Å². The van der Waals surface area contributed by atoms with Gasteiger partial charge in [-0.3, -0.25) is 9.69 Å². The SMILES string of the molecule is C=CCN1CC[C@]23c4c5ccc(O)c4O[C@H]2[C@H](N(CC2CCCCC2)C(=O)C=Cc2cccc(C(F)(F)F)c2)CC[C@@]3(O)[C@H]1C5. The van der Waals surface area contributed by atoms with Gasteiger partial charge in [0.05, 0.1) is 22.6 Å². The number of carbonyl (C=O) groups excluding carboxylic acids is 1. The highest BCUT2D eigenvalue weighted by atomic mass is 19.4. The van der Waals surface area contributed by atoms with Gasteiger partial charge < -0.3 is 19.8 Å². The molecule has 5 atom stereocenters. The molecule has 0 aromatic heterocycles. The van der Waals surface area contributed by atoms with Gasteiger partial charge in [0.2, 0.25) is 5.91 Å². The molecular weight excluding hydrogens is 581 g/mol. The van der Waals surface area contributed by atoms with E-state index in [0.29, 0.717) is 56.0 Å². The van der Waals surface area contributed by atoms with Crippen LogP contribution >= 0.6 is 0 Å². The Hall–Kier alpha value is -3.30. The highest BCUT2D eigenvalue weighted by Crippen LogP contribution is 2.66. The van der Waals surface area contributed by atoms with Crippen molar-refractivity contribution in [1.82, 2.24) is 9.80 Å². The summed E-state index contributed by atoms with van der Waals surface area (Å²) < 4.78 is 46.8. The summed E-state index contributed by atoms with van der Waals surface area (Å²) in [6.07, 6.45) is 7.31. The van der Waals surface area contributed by atoms with E-state index in [-0.39, 0.29) is 23.7 Å². The van der Waals surface area contributed by atoms with Crippen molar-refractivity contribution in [3.05, 3.63) is 77.4 Å². The molecule has 5 aliphatic rings. The van der Waals surface area contributed by atoms with Gasteiger partial charge in [0, 0.05) is 30.8 Å². The molecule has 2 heterocycles. The lowest BCUT2D eigenvalue weighted by atomic mass is 9.48. The van der Waals surface area contributed by atoms with Crippen LogP contribution in [0.4, 0.5) is 13.2 Å². The minimum atomic E-state index is -4.47. The third kappa shape index (κ3) is 4.80. The van der Waals surface area contributed by atoms with Gasteiger partial charge in [-0.15, -0.1) is 6.58 Å². The van der Waals surface area contributed by atoms with Crippen LogP contribution in [0, 0.1) is 5.92 Å². The number of likely N-dealkylation sites (tertiary alicyclic amines) is 1. The summed E-state index contributed by atoms with van der Waals surface area (Å²) in [5.74, 6) is 0.498. The first-order valence-electron chi connectivity index (χ1n) is 16.3. The van der Waals surface area contributed by atoms with Gasteiger partial charge in [0.25, 0.3) is 0 Å². The van der Waals surface area contributed by atoms with Gasteiger partial charge in [-0.1, -0.05) is 43.5 Å². The summed E-state index contributed by atoms with van der Waals surface area (Å²) in [5.41, 5.74) is -0.423. The maximum atomic E-state index is 14.2. The topological polar surface area (TPSA) is 73.2 Å². The number of ether oxygens (including phenoxy) is 1. The number of carbonyl (C=O) groups is 1. The third-order valence-corrected chi connectivity index (χ3v) is 11.4. The fraction of sp³-hybridized carbons (Fsp3) is 0.528. The summed E-state index contributed by atoms with van der Waals surface area (Å²) in [7, 11) is 0. The van der Waals surface area contributed by atoms with Crippen molar-refractivity contribution >= 4 is 12.0 Å². The van der Waals surface area contributed by atoms with Crippen molar-refractivity contribution in [3.63, 3.8) is 0 Å². The van der Waals surface area contributed by atoms with Crippen LogP contribution in [0.5, 0.6) is 11.5 Å². The molecule has 2 bridgehead atoms. The molecule has 240 valence electrons. The molecule has 3 aliphatic carbocycles. The Kier molecular flexibility index (Phi) is 7.55. The van der Waals surface area contributed by atoms with Gasteiger partial charge >= 0.3 is 6.18 Å². The van der Waals surface area contributed by atoms with Crippen LogP contribution in [0.2, 0.25) is 0 Å². The predicted molar refractivity (Wildman–Crippen MR) is 165 cm³/mol. The molecular formula is C36H41F3N2O4. The standard InChI is InChI=1S/C36H41F3N2O4/c1-2-18-40-19-17-34-31-25-12-13-28(42)32(31)45-33(34)27(15-16-35(34,44)29(40)21-25)41(22-24-7-4-3-5-8-24)30(43)14-11-23-9-6-10-26(20-23)36(37,38)39/h2,6,9-14,20,24,27,29,33,42,44H,1,3-5,7-8,15-19,21-22H2/t27-,29-,33+,34+,35-/m1/s1. The quantitative estimate of drug-likeness (QED) is 0.283. The Labute approximate surface area is 262 Å². The number of alkyl halides is 3. The number of rotatable bonds is 7. The molecule has 6 nitrogen and oxygen atoms in total. The van der Waals surface area contributed by atoms with E-state index in [1.807, 2.05) is 17.0 Å². The smallest absolute Gasteiger partial charge is 0.416 e. The molecule has 2 N–H and O–H groups in total. The van der Waals surface area contributed by atoms with Crippen LogP contribution in [-0.2, 0) is 22.8 Å². The second-order valence-electron chi connectivity index (χ2n) is 13.7. The number of benzene rings is 2. The molecule has 9 heteroatoms. The van der Waals surface area contributed by atoms with E-state index in [9.17, 15) is 28.2 Å². The first-order valence-corrected chi connectivity index (χ1v) is 16.3. The first-order chi connectivity index (χ1) is 21.6. The van der Waals surface area contributed by atoms with Gasteiger partial charge in [0.15, 0.2) is 11.5 Å². The second kappa shape index (κ2) is 11.2. The van der Waals surface area contributed by atoms with Crippen LogP contribution in [0.25, 0.3) is 6.08 Å². The molecule has 45 heavy (non-hydrogen) atoms. The van der Waals surface area contributed by atoms with Crippen molar-refractivity contribution < 1.29 is 32.9 Å². The minimum Gasteiger partial charge on any atom is -0.504 e. The third-order valence-electron chi connectivity index (χ3n) is 11.4. The number of halogens is 3. The first kappa shape index (κ1) is 30.4. The average molecular weight is 623 g/mol. The van der Waals surface area contributed by atoms with E-state index in [0.717, 1.165) is 55.5 Å². The molecule has 3 fully saturated rings. The van der Waals surface area contributed by atoms with E-state index in [4.69, 9.17) is 4.74 Å². The zero-order valence-corrected chi connectivity index (χ0v) is 25.4. The summed E-state index contributed by atoms with van der Waals surface area (Å²) >= 11 is 0. The number of phenols is 1. The van der Waals surface area contributed by atoms with Crippen molar-refractivity contribution in [3.8, 4) is 11.5 Å². The Morgan fingerprint density at radius 1 is 1.13 bits per heavy atom. The van der Waals surface area contributed by atoms with Crippen molar-refractivity contribution in [2.45, 2.75) is 93.2 Å². The highest BCUT2D eigenvalue weighted by Gasteiger charge is 2.73. The van der Waals surface area contributed by atoms with E-state index < -0.39 is 28.9 Å². The number of amides is 1. The second-order valence-corrected chi connectivity index (χ2v) is 13.7. The molecule has 0 radical (unpaired) electrons. The number of hydrogen-bond acceptors (Lipinski definition) is 5. The van der Waals surface area contributed by atoms with Crippen LogP contribution in [-0.4, -0.2) is 69.3 Å². The number of piperidine rings is 1. The lowest BCUT2D eigenvalue weighted by Gasteiger charge is -2.64. The lowest BCUT2D eigenvalue weighted by Crippen LogP contribution is -2.78. The summed E-state index contributed by atoms with van der Waals surface area (Å²) in [5, 5.41) is 23.8. The lowest BCUT2D eigenvalue weighted by molar-refractivity contribution is -0.200. The van der Waals surface area contributed by atoms with Gasteiger partial charge in [-0.05, 0) is 86.4 Å². The maximum Gasteiger partial charge on any atom is 0.416 e. The van der Waals surface area contributed by atoms with Crippen LogP contribution < -0.4 is 4.74 Å². The molecule has 0 unspecified atom stereocenters. The van der Waals surface area contributed by atoms with E-state index in [1.54, 1.807) is 12.1 Å². The average Bonchev–Trinajstić information content (AvgIpc) is 3.38. The van der Waals surface area contributed by atoms with E-state index in [2.05, 4.69) is 11.5 Å². The minimum absolute atomic E-state index is 0.0418. The van der Waals surface area contributed by atoms with Crippen molar-refractivity contribution in [2.24, 2.45) is 5.92 Å². The molecule has 2 aromatic rings. The Balaban J connectivity index is 1.27. The summed E-state index contributed by atoms with van der Waals surface area (Å²) in [6, 6.07) is 8.06. The summed E-state index contributed by atoms with van der Waals surface area (Å²) in [4.78, 5) is 18.4. The summed E-state index contributed by atoms with van der Waals surface area (Å²) in [6.45, 7) is 5.85. The predicted octanol–water partition coefficient (Wildman–Crippen LogP) is 6.24. The Morgan fingerprint density at radius 3 is 2.69 bits per heavy atom. The Morgan fingerprint density at radius 2 is 1.93 bits per heavy atom. The Bertz CT molecular complexity index is 1520. The fourth-order valence-corrected chi connectivity index (χ4v) is 9.43. The normalized spacial score (nSPS) is 31.0. The van der Waals surface area contributed by atoms with Crippen LogP contribution in [0.3, 0.4) is 0 Å². The fourth-order valence-electron chi connectivity index (χ4n) is 9.43. The van der Waals surface area contributed by atoms with Crippen molar-refractivity contribution in [2.75, 3.05) is 19.6 Å². The van der Waals surface area contributed by atoms with E-state index >= 15 is 0 Å². The number of hydrogen-bond donors (Lipinski definition) is 2. The van der Waals surface area contributed by atoms with Crippen LogP contribution in [0.15, 0.2) is 55.1 Å². The van der Waals surface area contributed by atoms with Gasteiger partial charge in [0.1, 0.15) is 6.10 Å². The van der Waals surface area contributed by atoms with Crippen molar-refractivity contribution in [1.29, 1.82) is 0 Å². The van der Waals surface area contributed by atoms with E-state index in [1.165, 1.54) is 24.6 Å². The number of aromatic hydroxyl groups is 1. The molecule has 1 spiro atoms. The molecule has 2 aromatic carbocycles. The molecule has 2 aliphatic heterocycles. The van der Waals surface area contributed by atoms with Gasteiger partial charge in [-0.25, -0.2) is 0 Å². The monoisotopic (exact) mass is 622 g/mol. The molecule has 7 rings (SSSR count). The zero-order valence-electron chi connectivity index (χ0n) is 25.4. The number of aliphatic hydroxyl groups is 1. The largest absolute Gasteiger partial charge is 0.504 e. The number of nitrogens with zero attached hydrogens (tertiary/aromatic N) is 2. The molecule has 2 saturated carbocycles. The van der Waals surface area contributed by atoms with Gasteiger partial charge in [-0.2, -0.15) is 13.2 Å². The molecule has 1 amide bonds. The zero-order chi connectivity index (χ0) is 31.6. The maximum absolute atomic E-state index is 14.2. The highest BCUT2D eigenvalue weighted by molar-refractivity contribution is 5.92.